The van der Waals surface area contributed by atoms with E-state index in [-0.39, 0.29) is 4.35 Å². The predicted octanol–water partition coefficient (Wildman–Crippen LogP) is -1.17. The van der Waals surface area contributed by atoms with Crippen LogP contribution >= 0.6 is 0 Å². The Balaban J connectivity index is 2.37. The molecular formula is C8H8AsN3O3. The number of hydrogen-bond donors (Lipinski definition) is 2. The molecule has 2 aromatic rings. The van der Waals surface area contributed by atoms with Crippen molar-refractivity contribution >= 4 is 18.5 Å². The van der Waals surface area contributed by atoms with E-state index < -0.39 is 14.2 Å². The predicted molar refractivity (Wildman–Crippen MR) is 51.9 cm³/mol. The number of aromatic nitrogens is 3. The molecule has 0 fully saturated rings. The van der Waals surface area contributed by atoms with Gasteiger partial charge in [0.15, 0.2) is 0 Å². The van der Waals surface area contributed by atoms with E-state index in [1.807, 2.05) is 0 Å². The van der Waals surface area contributed by atoms with Gasteiger partial charge in [-0.1, -0.05) is 0 Å². The number of hydrogen-bond acceptors (Lipinski definition) is 3. The summed E-state index contributed by atoms with van der Waals surface area (Å²) >= 11 is -4.76. The third-order valence-electron chi connectivity index (χ3n) is 1.90. The van der Waals surface area contributed by atoms with Crippen molar-refractivity contribution in [3.8, 4) is 5.69 Å². The van der Waals surface area contributed by atoms with Crippen molar-refractivity contribution < 1.29 is 11.9 Å². The monoisotopic (exact) mass is 269 g/mol. The summed E-state index contributed by atoms with van der Waals surface area (Å²) in [6.45, 7) is 0. The maximum absolute atomic E-state index is 11.0. The Bertz CT molecular complexity index is 488. The van der Waals surface area contributed by atoms with Crippen LogP contribution in [0.4, 0.5) is 0 Å². The molecule has 2 N–H and O–H groups in total. The van der Waals surface area contributed by atoms with Gasteiger partial charge in [-0.15, -0.1) is 0 Å². The molecule has 2 rings (SSSR count). The summed E-state index contributed by atoms with van der Waals surface area (Å²) in [6.07, 6.45) is 3.02. The molecule has 0 aliphatic rings. The fraction of sp³-hybridized carbons (Fsp3) is 0. The van der Waals surface area contributed by atoms with Crippen molar-refractivity contribution in [2.24, 2.45) is 0 Å². The molecule has 0 bridgehead atoms. The first-order valence-electron chi connectivity index (χ1n) is 4.08. The van der Waals surface area contributed by atoms with Gasteiger partial charge >= 0.3 is 87.8 Å². The van der Waals surface area contributed by atoms with E-state index in [9.17, 15) is 3.74 Å². The number of nitrogens with zero attached hydrogens (tertiary/aromatic N) is 3. The van der Waals surface area contributed by atoms with Gasteiger partial charge in [0.2, 0.25) is 0 Å². The van der Waals surface area contributed by atoms with E-state index in [2.05, 4.69) is 10.2 Å². The fourth-order valence-electron chi connectivity index (χ4n) is 1.15. The van der Waals surface area contributed by atoms with Crippen molar-refractivity contribution in [2.75, 3.05) is 0 Å². The summed E-state index contributed by atoms with van der Waals surface area (Å²) in [7, 11) is 0. The average Bonchev–Trinajstić information content (AvgIpc) is 2.69. The number of rotatable bonds is 2. The van der Waals surface area contributed by atoms with Gasteiger partial charge in [-0.2, -0.15) is 0 Å². The molecule has 0 radical (unpaired) electrons. The van der Waals surface area contributed by atoms with E-state index in [0.717, 1.165) is 5.69 Å². The molecule has 1 aromatic heterocycles. The molecule has 78 valence electrons. The zero-order valence-corrected chi connectivity index (χ0v) is 9.43. The van der Waals surface area contributed by atoms with E-state index in [1.165, 1.54) is 24.8 Å². The molecule has 1 heterocycles. The van der Waals surface area contributed by atoms with Gasteiger partial charge in [-0.3, -0.25) is 0 Å². The second kappa shape index (κ2) is 3.66. The maximum atomic E-state index is 11.0. The molecule has 0 amide bonds. The summed E-state index contributed by atoms with van der Waals surface area (Å²) < 4.78 is 30.6. The minimum absolute atomic E-state index is 0.0601. The van der Waals surface area contributed by atoms with Crippen LogP contribution in [0, 0.1) is 0 Å². The summed E-state index contributed by atoms with van der Waals surface area (Å²) in [5.41, 5.74) is 0.757. The van der Waals surface area contributed by atoms with Crippen LogP contribution in [-0.2, 0) is 3.74 Å². The number of benzene rings is 1. The fourth-order valence-corrected chi connectivity index (χ4v) is 2.28. The van der Waals surface area contributed by atoms with Gasteiger partial charge in [-0.05, 0) is 0 Å². The van der Waals surface area contributed by atoms with Crippen LogP contribution < -0.4 is 4.35 Å². The Hall–Kier alpha value is -1.36. The van der Waals surface area contributed by atoms with Gasteiger partial charge in [-0.25, -0.2) is 0 Å². The van der Waals surface area contributed by atoms with Crippen LogP contribution in [0.2, 0.25) is 0 Å². The first kappa shape index (κ1) is 10.2. The first-order valence-corrected chi connectivity index (χ1v) is 7.47. The Morgan fingerprint density at radius 3 is 2.07 bits per heavy atom. The molecule has 6 nitrogen and oxygen atoms in total. The standard InChI is InChI=1S/C8H8AsN3O3/c13-9(14,15)7-1-3-8(4-2-7)12-5-10-11-6-12/h1-6H,(H2,13,14,15). The van der Waals surface area contributed by atoms with Crippen molar-refractivity contribution in [3.05, 3.63) is 36.9 Å². The van der Waals surface area contributed by atoms with Gasteiger partial charge in [0, 0.05) is 0 Å². The molecule has 0 saturated carbocycles. The molecule has 0 aliphatic carbocycles. The van der Waals surface area contributed by atoms with Gasteiger partial charge in [0.1, 0.15) is 0 Å². The minimum atomic E-state index is -4.76. The zero-order valence-electron chi connectivity index (χ0n) is 7.56. The van der Waals surface area contributed by atoms with Crippen molar-refractivity contribution in [1.29, 1.82) is 0 Å². The average molecular weight is 269 g/mol. The summed E-state index contributed by atoms with van der Waals surface area (Å²) in [5, 5.41) is 7.27. The molecule has 0 atom stereocenters. The second-order valence-corrected chi connectivity index (χ2v) is 6.30. The summed E-state index contributed by atoms with van der Waals surface area (Å²) in [4.78, 5) is 0. The first-order chi connectivity index (χ1) is 7.07. The van der Waals surface area contributed by atoms with Gasteiger partial charge < -0.3 is 0 Å². The van der Waals surface area contributed by atoms with Crippen LogP contribution in [0.25, 0.3) is 5.69 Å². The molecule has 15 heavy (non-hydrogen) atoms. The summed E-state index contributed by atoms with van der Waals surface area (Å²) in [6, 6.07) is 6.04. The van der Waals surface area contributed by atoms with Crippen LogP contribution in [0.5, 0.6) is 0 Å². The van der Waals surface area contributed by atoms with Gasteiger partial charge in [0.05, 0.1) is 0 Å². The van der Waals surface area contributed by atoms with Crippen LogP contribution in [0.3, 0.4) is 0 Å². The summed E-state index contributed by atoms with van der Waals surface area (Å²) in [5.74, 6) is 0. The SMILES string of the molecule is O=[As](O)(O)c1ccc(-n2cnnc2)cc1. The van der Waals surface area contributed by atoms with Crippen LogP contribution in [-0.4, -0.2) is 37.1 Å². The third-order valence-corrected chi connectivity index (χ3v) is 3.94. The topological polar surface area (TPSA) is 88.2 Å². The van der Waals surface area contributed by atoms with Crippen molar-refractivity contribution in [2.45, 2.75) is 0 Å². The molecule has 0 spiro atoms. The Kier molecular flexibility index (Phi) is 2.48. The molecule has 7 heteroatoms. The normalized spacial score (nSPS) is 11.6. The molecule has 0 unspecified atom stereocenters. The van der Waals surface area contributed by atoms with E-state index in [0.29, 0.717) is 0 Å². The Morgan fingerprint density at radius 2 is 1.60 bits per heavy atom. The van der Waals surface area contributed by atoms with E-state index >= 15 is 0 Å². The van der Waals surface area contributed by atoms with Crippen molar-refractivity contribution in [3.63, 3.8) is 0 Å². The van der Waals surface area contributed by atoms with Crippen LogP contribution in [0.1, 0.15) is 0 Å². The van der Waals surface area contributed by atoms with Gasteiger partial charge in [0.25, 0.3) is 0 Å². The molecule has 1 aromatic carbocycles. The second-order valence-electron chi connectivity index (χ2n) is 2.93. The van der Waals surface area contributed by atoms with E-state index in [4.69, 9.17) is 8.19 Å². The Labute approximate surface area is 88.2 Å². The molecule has 0 saturated heterocycles. The Morgan fingerprint density at radius 1 is 1.07 bits per heavy atom. The van der Waals surface area contributed by atoms with E-state index in [1.54, 1.807) is 16.7 Å². The molecule has 0 aliphatic heterocycles. The quantitative estimate of drug-likeness (QED) is 0.670. The zero-order chi connectivity index (χ0) is 10.9. The molecular weight excluding hydrogens is 261 g/mol. The van der Waals surface area contributed by atoms with Crippen molar-refractivity contribution in [1.82, 2.24) is 14.8 Å². The third kappa shape index (κ3) is 2.18. The van der Waals surface area contributed by atoms with Crippen LogP contribution in [0.15, 0.2) is 36.9 Å².